The lowest BCUT2D eigenvalue weighted by molar-refractivity contribution is -0.129. The molecule has 0 bridgehead atoms. The molecular weight excluding hydrogens is 404 g/mol. The van der Waals surface area contributed by atoms with Gasteiger partial charge in [-0.3, -0.25) is 4.79 Å². The number of carbonyl (C=O) groups is 1. The average Bonchev–Trinajstić information content (AvgIpc) is 3.31. The Morgan fingerprint density at radius 3 is 2.66 bits per heavy atom. The Hall–Kier alpha value is -2.83. The number of anilines is 1. The molecule has 0 radical (unpaired) electrons. The summed E-state index contributed by atoms with van der Waals surface area (Å²) in [7, 11) is 1.60. The van der Waals surface area contributed by atoms with Gasteiger partial charge in [0.05, 0.1) is 18.8 Å². The Balaban J connectivity index is 1.53. The van der Waals surface area contributed by atoms with E-state index in [1.165, 1.54) is 12.8 Å². The molecule has 0 saturated carbocycles. The monoisotopic (exact) mass is 438 g/mol. The van der Waals surface area contributed by atoms with E-state index >= 15 is 0 Å². The lowest BCUT2D eigenvalue weighted by Gasteiger charge is -2.37. The van der Waals surface area contributed by atoms with E-state index in [-0.39, 0.29) is 17.4 Å². The second-order valence-corrected chi connectivity index (χ2v) is 9.54. The van der Waals surface area contributed by atoms with Gasteiger partial charge in [0.15, 0.2) is 17.6 Å². The summed E-state index contributed by atoms with van der Waals surface area (Å²) in [6.45, 7) is 8.44. The van der Waals surface area contributed by atoms with E-state index in [1.54, 1.807) is 7.11 Å². The van der Waals surface area contributed by atoms with Crippen molar-refractivity contribution in [3.63, 3.8) is 0 Å². The molecule has 4 rings (SSSR count). The van der Waals surface area contributed by atoms with Crippen LogP contribution in [0.1, 0.15) is 63.8 Å². The fourth-order valence-electron chi connectivity index (χ4n) is 4.69. The molecule has 2 aliphatic rings. The van der Waals surface area contributed by atoms with Crippen molar-refractivity contribution in [1.82, 2.24) is 15.3 Å². The van der Waals surface area contributed by atoms with Crippen LogP contribution in [0.2, 0.25) is 0 Å². The predicted molar refractivity (Wildman–Crippen MR) is 124 cm³/mol. The van der Waals surface area contributed by atoms with E-state index in [9.17, 15) is 4.79 Å². The molecule has 0 spiro atoms. The lowest BCUT2D eigenvalue weighted by Crippen LogP contribution is -2.43. The zero-order valence-electron chi connectivity index (χ0n) is 19.6. The highest BCUT2D eigenvalue weighted by molar-refractivity contribution is 5.81. The Kier molecular flexibility index (Phi) is 6.53. The number of nitrogens with one attached hydrogen (secondary N) is 1. The van der Waals surface area contributed by atoms with E-state index in [0.29, 0.717) is 17.9 Å². The van der Waals surface area contributed by atoms with Crippen molar-refractivity contribution in [1.29, 1.82) is 0 Å². The SMILES string of the molecule is CCC(Oc1ccccc1OC)C(=O)NC1CC(C)(C)Cc2nc(N3CCCC3)ncc21. The molecule has 1 aromatic carbocycles. The van der Waals surface area contributed by atoms with Crippen molar-refractivity contribution in [3.8, 4) is 11.5 Å². The maximum absolute atomic E-state index is 13.2. The van der Waals surface area contributed by atoms with Gasteiger partial charge in [-0.15, -0.1) is 0 Å². The van der Waals surface area contributed by atoms with Gasteiger partial charge in [0.2, 0.25) is 5.95 Å². The topological polar surface area (TPSA) is 76.6 Å². The van der Waals surface area contributed by atoms with Crippen LogP contribution in [0.4, 0.5) is 5.95 Å². The molecule has 1 saturated heterocycles. The molecule has 7 nitrogen and oxygen atoms in total. The number of aromatic nitrogens is 2. The number of hydrogen-bond donors (Lipinski definition) is 1. The minimum absolute atomic E-state index is 0.0345. The molecule has 32 heavy (non-hydrogen) atoms. The van der Waals surface area contributed by atoms with E-state index in [4.69, 9.17) is 14.5 Å². The minimum atomic E-state index is -0.607. The fraction of sp³-hybridized carbons (Fsp3) is 0.560. The summed E-state index contributed by atoms with van der Waals surface area (Å²) in [5.74, 6) is 1.87. The molecule has 2 atom stereocenters. The van der Waals surface area contributed by atoms with Crippen LogP contribution in [-0.2, 0) is 11.2 Å². The summed E-state index contributed by atoms with van der Waals surface area (Å²) in [6, 6.07) is 7.27. The van der Waals surface area contributed by atoms with Crippen molar-refractivity contribution in [3.05, 3.63) is 41.7 Å². The van der Waals surface area contributed by atoms with Gasteiger partial charge >= 0.3 is 0 Å². The molecule has 1 aromatic heterocycles. The summed E-state index contributed by atoms with van der Waals surface area (Å²) in [6.07, 6.45) is 5.96. The zero-order chi connectivity index (χ0) is 22.7. The maximum Gasteiger partial charge on any atom is 0.261 e. The maximum atomic E-state index is 13.2. The van der Waals surface area contributed by atoms with E-state index in [1.807, 2.05) is 37.4 Å². The molecular formula is C25H34N4O3. The standard InChI is InChI=1S/C25H34N4O3/c1-5-20(32-22-11-7-6-10-21(22)31-4)23(30)27-18-14-25(2,3)15-19-17(18)16-26-24(28-19)29-12-8-9-13-29/h6-7,10-11,16,18,20H,5,8-9,12-15H2,1-4H3,(H,27,30). The normalized spacial score (nSPS) is 20.4. The first-order valence-corrected chi connectivity index (χ1v) is 11.6. The number of hydrogen-bond acceptors (Lipinski definition) is 6. The van der Waals surface area contributed by atoms with Gasteiger partial charge in [-0.05, 0) is 49.7 Å². The molecule has 172 valence electrons. The van der Waals surface area contributed by atoms with Gasteiger partial charge in [0, 0.05) is 24.8 Å². The van der Waals surface area contributed by atoms with Crippen molar-refractivity contribution in [2.75, 3.05) is 25.1 Å². The predicted octanol–water partition coefficient (Wildman–Crippen LogP) is 4.07. The molecule has 7 heteroatoms. The van der Waals surface area contributed by atoms with Gasteiger partial charge in [-0.1, -0.05) is 32.9 Å². The van der Waals surface area contributed by atoms with Gasteiger partial charge in [-0.2, -0.15) is 0 Å². The summed E-state index contributed by atoms with van der Waals surface area (Å²) in [4.78, 5) is 25.0. The number of methoxy groups -OCH3 is 1. The Morgan fingerprint density at radius 2 is 1.97 bits per heavy atom. The molecule has 1 aliphatic heterocycles. The van der Waals surface area contributed by atoms with Crippen molar-refractivity contribution in [2.45, 2.75) is 65.0 Å². The number of amides is 1. The number of fused-ring (bicyclic) bond motifs is 1. The van der Waals surface area contributed by atoms with Crippen LogP contribution in [0.5, 0.6) is 11.5 Å². The molecule has 1 fully saturated rings. The summed E-state index contributed by atoms with van der Waals surface area (Å²) >= 11 is 0. The Labute approximate surface area is 190 Å². The summed E-state index contributed by atoms with van der Waals surface area (Å²) in [5, 5.41) is 3.23. The molecule has 2 aromatic rings. The lowest BCUT2D eigenvalue weighted by atomic mass is 9.74. The third kappa shape index (κ3) is 4.81. The average molecular weight is 439 g/mol. The number of ether oxygens (including phenoxy) is 2. The van der Waals surface area contributed by atoms with Crippen molar-refractivity contribution >= 4 is 11.9 Å². The van der Waals surface area contributed by atoms with Crippen LogP contribution >= 0.6 is 0 Å². The first-order valence-electron chi connectivity index (χ1n) is 11.6. The second kappa shape index (κ2) is 9.35. The van der Waals surface area contributed by atoms with Gasteiger partial charge < -0.3 is 19.7 Å². The van der Waals surface area contributed by atoms with Crippen LogP contribution < -0.4 is 19.7 Å². The quantitative estimate of drug-likeness (QED) is 0.702. The number of rotatable bonds is 7. The third-order valence-corrected chi connectivity index (χ3v) is 6.37. The van der Waals surface area contributed by atoms with Gasteiger partial charge in [0.25, 0.3) is 5.91 Å². The Morgan fingerprint density at radius 1 is 1.25 bits per heavy atom. The zero-order valence-corrected chi connectivity index (χ0v) is 19.6. The van der Waals surface area contributed by atoms with Crippen LogP contribution in [0, 0.1) is 5.41 Å². The minimum Gasteiger partial charge on any atom is -0.493 e. The van der Waals surface area contributed by atoms with Crippen LogP contribution in [-0.4, -0.2) is 42.2 Å². The third-order valence-electron chi connectivity index (χ3n) is 6.37. The van der Waals surface area contributed by atoms with Gasteiger partial charge in [0.1, 0.15) is 0 Å². The van der Waals surface area contributed by atoms with Gasteiger partial charge in [-0.25, -0.2) is 9.97 Å². The van der Waals surface area contributed by atoms with E-state index < -0.39 is 6.10 Å². The number of carbonyl (C=O) groups excluding carboxylic acids is 1. The van der Waals surface area contributed by atoms with E-state index in [2.05, 4.69) is 29.0 Å². The number of benzene rings is 1. The molecule has 1 aliphatic carbocycles. The van der Waals surface area contributed by atoms with Crippen LogP contribution in [0.3, 0.4) is 0 Å². The highest BCUT2D eigenvalue weighted by atomic mass is 16.5. The number of nitrogens with zero attached hydrogens (tertiary/aromatic N) is 3. The molecule has 1 N–H and O–H groups in total. The summed E-state index contributed by atoms with van der Waals surface area (Å²) < 4.78 is 11.4. The highest BCUT2D eigenvalue weighted by Gasteiger charge is 2.36. The molecule has 2 heterocycles. The van der Waals surface area contributed by atoms with E-state index in [0.717, 1.165) is 43.1 Å². The first kappa shape index (κ1) is 22.4. The smallest absolute Gasteiger partial charge is 0.261 e. The highest BCUT2D eigenvalue weighted by Crippen LogP contribution is 2.40. The largest absolute Gasteiger partial charge is 0.493 e. The van der Waals surface area contributed by atoms with Crippen LogP contribution in [0.25, 0.3) is 0 Å². The fourth-order valence-corrected chi connectivity index (χ4v) is 4.69. The first-order chi connectivity index (χ1) is 15.4. The van der Waals surface area contributed by atoms with Crippen molar-refractivity contribution < 1.29 is 14.3 Å². The van der Waals surface area contributed by atoms with Crippen LogP contribution in [0.15, 0.2) is 30.5 Å². The number of para-hydroxylation sites is 2. The second-order valence-electron chi connectivity index (χ2n) is 9.54. The van der Waals surface area contributed by atoms with Crippen molar-refractivity contribution in [2.24, 2.45) is 5.41 Å². The Bertz CT molecular complexity index is 956. The summed E-state index contributed by atoms with van der Waals surface area (Å²) in [5.41, 5.74) is 2.10. The molecule has 2 unspecified atom stereocenters. The molecule has 1 amide bonds.